The van der Waals surface area contributed by atoms with Crippen molar-refractivity contribution >= 4 is 34.9 Å². The van der Waals surface area contributed by atoms with Crippen LogP contribution in [0.3, 0.4) is 0 Å². The number of carbonyl (C=O) groups excluding carboxylic acids is 1. The van der Waals surface area contributed by atoms with Crippen molar-refractivity contribution in [1.82, 2.24) is 10.6 Å². The van der Waals surface area contributed by atoms with Crippen molar-refractivity contribution in [3.8, 4) is 0 Å². The Bertz CT molecular complexity index is 512. The summed E-state index contributed by atoms with van der Waals surface area (Å²) < 4.78 is 0.724. The van der Waals surface area contributed by atoms with E-state index in [9.17, 15) is 14.7 Å². The van der Waals surface area contributed by atoms with Gasteiger partial charge in [0.15, 0.2) is 0 Å². The third kappa shape index (κ3) is 4.35. The molecule has 0 bridgehead atoms. The molecule has 0 spiro atoms. The molecule has 1 fully saturated rings. The first-order chi connectivity index (χ1) is 10.0. The lowest BCUT2D eigenvalue weighted by atomic mass is 9.82. The highest BCUT2D eigenvalue weighted by Crippen LogP contribution is 2.28. The Hall–Kier alpha value is -1.27. The summed E-state index contributed by atoms with van der Waals surface area (Å²) in [6, 6.07) is 3.33. The smallest absolute Gasteiger partial charge is 0.329 e. The fourth-order valence-corrected chi connectivity index (χ4v) is 3.68. The fraction of sp³-hybridized carbons (Fsp3) is 0.571. The van der Waals surface area contributed by atoms with E-state index in [1.54, 1.807) is 0 Å². The molecule has 0 saturated heterocycles. The van der Waals surface area contributed by atoms with Gasteiger partial charge in [-0.05, 0) is 31.4 Å². The number of carboxylic acids is 1. The zero-order chi connectivity index (χ0) is 15.3. The van der Waals surface area contributed by atoms with E-state index >= 15 is 0 Å². The highest BCUT2D eigenvalue weighted by Gasteiger charge is 2.40. The minimum absolute atomic E-state index is 0.415. The number of hydrogen-bond donors (Lipinski definition) is 3. The lowest BCUT2D eigenvalue weighted by Gasteiger charge is -2.33. The molecule has 1 saturated carbocycles. The van der Waals surface area contributed by atoms with Crippen LogP contribution in [0.25, 0.3) is 0 Å². The lowest BCUT2D eigenvalue weighted by Crippen LogP contribution is -2.58. The largest absolute Gasteiger partial charge is 0.480 e. The molecule has 1 aromatic rings. The van der Waals surface area contributed by atoms with Gasteiger partial charge in [-0.15, -0.1) is 11.3 Å². The first-order valence-electron chi connectivity index (χ1n) is 7.05. The van der Waals surface area contributed by atoms with Gasteiger partial charge in [0.1, 0.15) is 5.54 Å². The fourth-order valence-electron chi connectivity index (χ4n) is 2.59. The molecule has 116 valence electrons. The molecule has 0 radical (unpaired) electrons. The van der Waals surface area contributed by atoms with Gasteiger partial charge in [-0.3, -0.25) is 0 Å². The van der Waals surface area contributed by atoms with E-state index < -0.39 is 17.5 Å². The number of urea groups is 1. The van der Waals surface area contributed by atoms with E-state index in [-0.39, 0.29) is 0 Å². The maximum atomic E-state index is 11.9. The van der Waals surface area contributed by atoms with Gasteiger partial charge in [-0.2, -0.15) is 0 Å². The van der Waals surface area contributed by atoms with Gasteiger partial charge in [-0.25, -0.2) is 9.59 Å². The van der Waals surface area contributed by atoms with Crippen LogP contribution in [-0.2, 0) is 11.2 Å². The second-order valence-electron chi connectivity index (χ2n) is 5.28. The third-order valence-electron chi connectivity index (χ3n) is 3.76. The Kier molecular flexibility index (Phi) is 5.47. The zero-order valence-electron chi connectivity index (χ0n) is 11.7. The summed E-state index contributed by atoms with van der Waals surface area (Å²) in [5.74, 6) is -0.942. The molecule has 2 amide bonds. The van der Waals surface area contributed by atoms with Crippen LogP contribution in [-0.4, -0.2) is 29.2 Å². The van der Waals surface area contributed by atoms with Gasteiger partial charge in [0, 0.05) is 11.4 Å². The molecule has 21 heavy (non-hydrogen) atoms. The molecule has 0 aliphatic heterocycles. The average molecular weight is 331 g/mol. The molecule has 3 N–H and O–H groups in total. The summed E-state index contributed by atoms with van der Waals surface area (Å²) in [5.41, 5.74) is -1.10. The zero-order valence-corrected chi connectivity index (χ0v) is 13.2. The number of halogens is 1. The Morgan fingerprint density at radius 1 is 1.29 bits per heavy atom. The summed E-state index contributed by atoms with van der Waals surface area (Å²) in [4.78, 5) is 24.5. The molecule has 0 atom stereocenters. The van der Waals surface area contributed by atoms with Gasteiger partial charge in [0.05, 0.1) is 4.34 Å². The van der Waals surface area contributed by atoms with Gasteiger partial charge in [0.25, 0.3) is 0 Å². The quantitative estimate of drug-likeness (QED) is 0.776. The van der Waals surface area contributed by atoms with Crippen LogP contribution in [0.2, 0.25) is 4.34 Å². The Morgan fingerprint density at radius 2 is 2.00 bits per heavy atom. The van der Waals surface area contributed by atoms with Gasteiger partial charge in [0.2, 0.25) is 0 Å². The monoisotopic (exact) mass is 330 g/mol. The average Bonchev–Trinajstić information content (AvgIpc) is 2.85. The van der Waals surface area contributed by atoms with Crippen LogP contribution in [0.4, 0.5) is 4.79 Å². The van der Waals surface area contributed by atoms with Crippen molar-refractivity contribution in [3.05, 3.63) is 21.3 Å². The summed E-state index contributed by atoms with van der Waals surface area (Å²) in [7, 11) is 0. The summed E-state index contributed by atoms with van der Waals surface area (Å²) in [6.45, 7) is 0.457. The van der Waals surface area contributed by atoms with Crippen molar-refractivity contribution in [2.45, 2.75) is 44.1 Å². The third-order valence-corrected chi connectivity index (χ3v) is 5.05. The lowest BCUT2D eigenvalue weighted by molar-refractivity contribution is -0.145. The molecule has 5 nitrogen and oxygen atoms in total. The van der Waals surface area contributed by atoms with Crippen molar-refractivity contribution < 1.29 is 14.7 Å². The number of thiophene rings is 1. The number of carboxylic acid groups (broad SMARTS) is 1. The maximum absolute atomic E-state index is 11.9. The molecule has 0 unspecified atom stereocenters. The first-order valence-corrected chi connectivity index (χ1v) is 8.25. The molecule has 1 aliphatic carbocycles. The molecule has 2 rings (SSSR count). The Labute approximate surface area is 132 Å². The topological polar surface area (TPSA) is 78.4 Å². The number of carbonyl (C=O) groups is 2. The van der Waals surface area contributed by atoms with Crippen molar-refractivity contribution in [2.24, 2.45) is 0 Å². The number of nitrogens with one attached hydrogen (secondary N) is 2. The number of hydrogen-bond acceptors (Lipinski definition) is 3. The van der Waals surface area contributed by atoms with E-state index in [4.69, 9.17) is 11.6 Å². The van der Waals surface area contributed by atoms with Crippen LogP contribution in [0.5, 0.6) is 0 Å². The van der Waals surface area contributed by atoms with E-state index in [0.29, 0.717) is 25.8 Å². The van der Waals surface area contributed by atoms with E-state index in [1.165, 1.54) is 11.3 Å². The molecule has 1 aliphatic rings. The highest BCUT2D eigenvalue weighted by atomic mass is 35.5. The van der Waals surface area contributed by atoms with Gasteiger partial charge < -0.3 is 15.7 Å². The number of amides is 2. The van der Waals surface area contributed by atoms with Crippen LogP contribution < -0.4 is 10.6 Å². The van der Waals surface area contributed by atoms with Gasteiger partial charge >= 0.3 is 12.0 Å². The van der Waals surface area contributed by atoms with E-state index in [2.05, 4.69) is 10.6 Å². The molecular weight excluding hydrogens is 312 g/mol. The predicted octanol–water partition coefficient (Wildman–Crippen LogP) is 3.03. The molecule has 1 aromatic heterocycles. The van der Waals surface area contributed by atoms with Crippen molar-refractivity contribution in [1.29, 1.82) is 0 Å². The van der Waals surface area contributed by atoms with Crippen LogP contribution >= 0.6 is 22.9 Å². The van der Waals surface area contributed by atoms with E-state index in [0.717, 1.165) is 28.5 Å². The minimum atomic E-state index is -1.10. The Balaban J connectivity index is 1.81. The standard InChI is InChI=1S/C14H19ClN2O3S/c15-11-5-4-10(21-11)6-9-16-13(20)17-14(12(18)19)7-2-1-3-8-14/h4-5H,1-3,6-9H2,(H,18,19)(H2,16,17,20). The first kappa shape index (κ1) is 16.1. The van der Waals surface area contributed by atoms with Crippen molar-refractivity contribution in [2.75, 3.05) is 6.54 Å². The maximum Gasteiger partial charge on any atom is 0.329 e. The SMILES string of the molecule is O=C(NCCc1ccc(Cl)s1)NC1(C(=O)O)CCCCC1. The summed E-state index contributed by atoms with van der Waals surface area (Å²) in [5, 5.41) is 14.8. The summed E-state index contributed by atoms with van der Waals surface area (Å²) in [6.07, 6.45) is 4.37. The second-order valence-corrected chi connectivity index (χ2v) is 7.08. The normalized spacial score (nSPS) is 17.2. The molecule has 7 heteroatoms. The molecular formula is C14H19ClN2O3S. The van der Waals surface area contributed by atoms with Crippen LogP contribution in [0, 0.1) is 0 Å². The Morgan fingerprint density at radius 3 is 2.57 bits per heavy atom. The predicted molar refractivity (Wildman–Crippen MR) is 83.0 cm³/mol. The van der Waals surface area contributed by atoms with E-state index in [1.807, 2.05) is 12.1 Å². The van der Waals surface area contributed by atoms with Gasteiger partial charge in [-0.1, -0.05) is 30.9 Å². The van der Waals surface area contributed by atoms with Crippen molar-refractivity contribution in [3.63, 3.8) is 0 Å². The van der Waals surface area contributed by atoms with Crippen LogP contribution in [0.1, 0.15) is 37.0 Å². The molecule has 0 aromatic carbocycles. The number of aliphatic carboxylic acids is 1. The second kappa shape index (κ2) is 7.13. The molecule has 1 heterocycles. The highest BCUT2D eigenvalue weighted by molar-refractivity contribution is 7.16. The number of rotatable bonds is 5. The minimum Gasteiger partial charge on any atom is -0.480 e. The summed E-state index contributed by atoms with van der Waals surface area (Å²) >= 11 is 7.32. The van der Waals surface area contributed by atoms with Crippen LogP contribution in [0.15, 0.2) is 12.1 Å².